The molecule has 0 saturated heterocycles. The molecule has 182 valence electrons. The van der Waals surface area contributed by atoms with Crippen molar-refractivity contribution in [3.05, 3.63) is 101 Å². The number of aryl methyl sites for hydroxylation is 1. The van der Waals surface area contributed by atoms with Crippen molar-refractivity contribution in [2.24, 2.45) is 0 Å². The number of carbonyl (C=O) groups is 1. The van der Waals surface area contributed by atoms with Crippen LogP contribution in [0, 0.1) is 12.7 Å². The number of pyridine rings is 1. The molecule has 3 aromatic heterocycles. The number of hydrogen-bond acceptors (Lipinski definition) is 6. The van der Waals surface area contributed by atoms with E-state index in [4.69, 9.17) is 4.74 Å². The molecule has 3 aromatic carbocycles. The Balaban J connectivity index is 1.28. The molecule has 1 N–H and O–H groups in total. The number of amides is 1. The van der Waals surface area contributed by atoms with Gasteiger partial charge in [-0.15, -0.1) is 10.2 Å². The van der Waals surface area contributed by atoms with Gasteiger partial charge in [-0.3, -0.25) is 15.0 Å². The second-order valence-electron chi connectivity index (χ2n) is 8.43. The number of benzene rings is 3. The Hall–Kier alpha value is -5.12. The quantitative estimate of drug-likeness (QED) is 0.391. The number of fused-ring (bicyclic) bond motifs is 4. The van der Waals surface area contributed by atoms with E-state index in [-0.39, 0.29) is 17.9 Å². The lowest BCUT2D eigenvalue weighted by molar-refractivity contribution is -0.119. The lowest BCUT2D eigenvalue weighted by Crippen LogP contribution is -2.35. The highest BCUT2D eigenvalue weighted by atomic mass is 19.1. The average Bonchev–Trinajstić information content (AvgIpc) is 3.25. The fourth-order valence-corrected chi connectivity index (χ4v) is 4.33. The summed E-state index contributed by atoms with van der Waals surface area (Å²) >= 11 is 0. The number of rotatable bonds is 5. The van der Waals surface area contributed by atoms with Crippen molar-refractivity contribution in [2.45, 2.75) is 6.92 Å². The summed E-state index contributed by atoms with van der Waals surface area (Å²) in [7, 11) is 0. The van der Waals surface area contributed by atoms with Gasteiger partial charge in [-0.25, -0.2) is 13.6 Å². The Morgan fingerprint density at radius 2 is 1.78 bits per heavy atom. The Labute approximate surface area is 208 Å². The van der Waals surface area contributed by atoms with Crippen LogP contribution in [0.25, 0.3) is 38.6 Å². The van der Waals surface area contributed by atoms with E-state index in [1.807, 2.05) is 36.4 Å². The van der Waals surface area contributed by atoms with Crippen LogP contribution in [0.1, 0.15) is 5.69 Å². The number of carbonyl (C=O) groups excluding carboxylic acids is 1. The first-order valence-electron chi connectivity index (χ1n) is 11.4. The van der Waals surface area contributed by atoms with Crippen LogP contribution < -0.4 is 15.7 Å². The van der Waals surface area contributed by atoms with Crippen LogP contribution in [0.3, 0.4) is 0 Å². The van der Waals surface area contributed by atoms with Crippen LogP contribution in [0.4, 0.5) is 4.39 Å². The van der Waals surface area contributed by atoms with E-state index in [1.54, 1.807) is 31.2 Å². The SMILES string of the molecule is Cc1nn2c(nnc3c(=O)n(NC(=O)COc4cccc5ccccc45)ccc32)c1-c1ccc(F)cc1. The summed E-state index contributed by atoms with van der Waals surface area (Å²) in [6, 6.07) is 20.9. The summed E-state index contributed by atoms with van der Waals surface area (Å²) in [6.45, 7) is 1.51. The lowest BCUT2D eigenvalue weighted by Gasteiger charge is -2.11. The third-order valence-electron chi connectivity index (χ3n) is 6.04. The van der Waals surface area contributed by atoms with Crippen molar-refractivity contribution in [3.8, 4) is 16.9 Å². The molecule has 0 saturated carbocycles. The van der Waals surface area contributed by atoms with E-state index in [1.165, 1.54) is 22.8 Å². The minimum Gasteiger partial charge on any atom is -0.483 e. The third kappa shape index (κ3) is 3.94. The summed E-state index contributed by atoms with van der Waals surface area (Å²) in [5.74, 6) is -0.296. The standard InChI is InChI=1S/C27H19FN6O3/c1-16-24(18-9-11-19(28)12-10-18)26-30-29-25-21(34(26)31-16)13-14-33(27(25)36)32-23(35)15-37-22-8-4-6-17-5-2-3-7-20(17)22/h2-14H,15H2,1H3,(H,32,35). The second-order valence-corrected chi connectivity index (χ2v) is 8.43. The molecule has 0 spiro atoms. The van der Waals surface area contributed by atoms with Gasteiger partial charge < -0.3 is 4.74 Å². The molecule has 0 radical (unpaired) electrons. The first kappa shape index (κ1) is 22.4. The first-order chi connectivity index (χ1) is 18.0. The van der Waals surface area contributed by atoms with Gasteiger partial charge in [-0.2, -0.15) is 5.10 Å². The van der Waals surface area contributed by atoms with Crippen LogP contribution in [0.15, 0.2) is 83.8 Å². The molecule has 0 atom stereocenters. The van der Waals surface area contributed by atoms with E-state index in [0.717, 1.165) is 21.0 Å². The van der Waals surface area contributed by atoms with Crippen molar-refractivity contribution in [3.63, 3.8) is 0 Å². The van der Waals surface area contributed by atoms with Gasteiger partial charge in [0.2, 0.25) is 0 Å². The molecule has 0 fully saturated rings. The molecule has 6 aromatic rings. The van der Waals surface area contributed by atoms with Crippen LogP contribution >= 0.6 is 0 Å². The van der Waals surface area contributed by atoms with Gasteiger partial charge >= 0.3 is 0 Å². The summed E-state index contributed by atoms with van der Waals surface area (Å²) in [4.78, 5) is 25.7. The number of hydrogen-bond donors (Lipinski definition) is 1. The molecule has 0 bridgehead atoms. The summed E-state index contributed by atoms with van der Waals surface area (Å²) in [6.07, 6.45) is 1.43. The lowest BCUT2D eigenvalue weighted by atomic mass is 10.1. The number of halogens is 1. The zero-order valence-corrected chi connectivity index (χ0v) is 19.6. The average molecular weight is 494 g/mol. The molecule has 6 rings (SSSR count). The predicted molar refractivity (Wildman–Crippen MR) is 136 cm³/mol. The zero-order chi connectivity index (χ0) is 25.5. The van der Waals surface area contributed by atoms with E-state index in [9.17, 15) is 14.0 Å². The van der Waals surface area contributed by atoms with Gasteiger partial charge in [0.05, 0.1) is 11.3 Å². The highest BCUT2D eigenvalue weighted by Crippen LogP contribution is 2.28. The molecular weight excluding hydrogens is 475 g/mol. The van der Waals surface area contributed by atoms with Gasteiger partial charge in [0.25, 0.3) is 11.5 Å². The molecule has 0 aliphatic heterocycles. The predicted octanol–water partition coefficient (Wildman–Crippen LogP) is 3.86. The van der Waals surface area contributed by atoms with Gasteiger partial charge in [0, 0.05) is 11.6 Å². The normalized spacial score (nSPS) is 11.3. The molecule has 0 aliphatic rings. The number of aromatic nitrogens is 5. The largest absolute Gasteiger partial charge is 0.483 e. The molecule has 0 unspecified atom stereocenters. The van der Waals surface area contributed by atoms with Crippen LogP contribution in [-0.4, -0.2) is 37.0 Å². The molecule has 0 aliphatic carbocycles. The molecule has 1 amide bonds. The van der Waals surface area contributed by atoms with Gasteiger partial charge in [-0.05, 0) is 42.1 Å². The third-order valence-corrected chi connectivity index (χ3v) is 6.04. The number of ether oxygens (including phenoxy) is 1. The maximum Gasteiger partial charge on any atom is 0.299 e. The zero-order valence-electron chi connectivity index (χ0n) is 19.6. The highest BCUT2D eigenvalue weighted by molar-refractivity contribution is 5.90. The topological polar surface area (TPSA) is 103 Å². The second kappa shape index (κ2) is 8.83. The van der Waals surface area contributed by atoms with Crippen LogP contribution in [-0.2, 0) is 4.79 Å². The van der Waals surface area contributed by atoms with Gasteiger partial charge in [0.1, 0.15) is 17.1 Å². The van der Waals surface area contributed by atoms with Gasteiger partial charge in [-0.1, -0.05) is 48.5 Å². The number of nitrogens with one attached hydrogen (secondary N) is 1. The van der Waals surface area contributed by atoms with Gasteiger partial charge in [0.15, 0.2) is 17.8 Å². The molecule has 3 heterocycles. The van der Waals surface area contributed by atoms with Crippen molar-refractivity contribution in [1.29, 1.82) is 0 Å². The summed E-state index contributed by atoms with van der Waals surface area (Å²) in [5.41, 5.74) is 4.91. The molecule has 9 nitrogen and oxygen atoms in total. The summed E-state index contributed by atoms with van der Waals surface area (Å²) in [5, 5.41) is 14.7. The molecular formula is C27H19FN6O3. The molecule has 10 heteroatoms. The van der Waals surface area contributed by atoms with Crippen molar-refractivity contribution < 1.29 is 13.9 Å². The fraction of sp³-hybridized carbons (Fsp3) is 0.0741. The van der Waals surface area contributed by atoms with E-state index < -0.39 is 11.5 Å². The minimum atomic E-state index is -0.568. The Morgan fingerprint density at radius 3 is 2.62 bits per heavy atom. The minimum absolute atomic E-state index is 0.0263. The van der Waals surface area contributed by atoms with Crippen LogP contribution in [0.5, 0.6) is 5.75 Å². The van der Waals surface area contributed by atoms with Crippen molar-refractivity contribution >= 4 is 33.4 Å². The maximum absolute atomic E-state index is 13.4. The van der Waals surface area contributed by atoms with E-state index >= 15 is 0 Å². The Morgan fingerprint density at radius 1 is 1.00 bits per heavy atom. The highest BCUT2D eigenvalue weighted by Gasteiger charge is 2.18. The molecule has 37 heavy (non-hydrogen) atoms. The first-order valence-corrected chi connectivity index (χ1v) is 11.4. The van der Waals surface area contributed by atoms with Crippen LogP contribution in [0.2, 0.25) is 0 Å². The van der Waals surface area contributed by atoms with Crippen molar-refractivity contribution in [2.75, 3.05) is 12.0 Å². The van der Waals surface area contributed by atoms with Crippen molar-refractivity contribution in [1.82, 2.24) is 24.5 Å². The fourth-order valence-electron chi connectivity index (χ4n) is 4.33. The van der Waals surface area contributed by atoms with E-state index in [0.29, 0.717) is 28.2 Å². The maximum atomic E-state index is 13.4. The summed E-state index contributed by atoms with van der Waals surface area (Å²) < 4.78 is 21.7. The Bertz CT molecular complexity index is 1870. The number of nitrogens with zero attached hydrogens (tertiary/aromatic N) is 5. The smallest absolute Gasteiger partial charge is 0.299 e. The Kier molecular flexibility index (Phi) is 5.33. The monoisotopic (exact) mass is 494 g/mol. The van der Waals surface area contributed by atoms with E-state index in [2.05, 4.69) is 20.7 Å².